The van der Waals surface area contributed by atoms with Gasteiger partial charge in [-0.15, -0.1) is 0 Å². The van der Waals surface area contributed by atoms with Crippen molar-refractivity contribution in [3.8, 4) is 17.1 Å². The van der Waals surface area contributed by atoms with Crippen LogP contribution in [0, 0.1) is 5.82 Å². The molecule has 2 heterocycles. The predicted octanol–water partition coefficient (Wildman–Crippen LogP) is 4.69. The summed E-state index contributed by atoms with van der Waals surface area (Å²) < 4.78 is 23.9. The van der Waals surface area contributed by atoms with Gasteiger partial charge >= 0.3 is 0 Å². The Morgan fingerprint density at radius 1 is 1.19 bits per heavy atom. The molecule has 160 valence electrons. The van der Waals surface area contributed by atoms with Crippen molar-refractivity contribution in [2.45, 2.75) is 25.8 Å². The summed E-state index contributed by atoms with van der Waals surface area (Å²) in [5.74, 6) is 0.376. The first-order valence-corrected chi connectivity index (χ1v) is 10.2. The molecule has 0 aliphatic carbocycles. The summed E-state index contributed by atoms with van der Waals surface area (Å²) in [7, 11) is 1.48. The first kappa shape index (κ1) is 21.1. The molecule has 0 saturated carbocycles. The number of carbonyl (C=O) groups is 2. The number of halogens is 2. The standard InChI is InChI=1S/C23H20ClFN2O4/c1-30-21-8-4-15(24)12-18(21)20(28)7-9-22(29)27-11-10-17-19(13-27)26-31-23(17)14-2-5-16(25)6-3-14/h2-6,8,12H,7,9-11,13H2,1H3. The summed E-state index contributed by atoms with van der Waals surface area (Å²) in [5, 5.41) is 4.54. The number of carbonyl (C=O) groups excluding carboxylic acids is 2. The van der Waals surface area contributed by atoms with Crippen LogP contribution in [0.5, 0.6) is 5.75 Å². The summed E-state index contributed by atoms with van der Waals surface area (Å²) in [4.78, 5) is 26.9. The Balaban J connectivity index is 1.40. The van der Waals surface area contributed by atoms with Gasteiger partial charge in [0.1, 0.15) is 17.3 Å². The number of methoxy groups -OCH3 is 1. The van der Waals surface area contributed by atoms with E-state index in [2.05, 4.69) is 5.16 Å². The lowest BCUT2D eigenvalue weighted by Crippen LogP contribution is -2.36. The first-order valence-electron chi connectivity index (χ1n) is 9.84. The lowest BCUT2D eigenvalue weighted by molar-refractivity contribution is -0.132. The number of amides is 1. The maximum atomic E-state index is 13.2. The molecule has 2 aromatic carbocycles. The predicted molar refractivity (Wildman–Crippen MR) is 113 cm³/mol. The highest BCUT2D eigenvalue weighted by Crippen LogP contribution is 2.31. The van der Waals surface area contributed by atoms with Gasteiger partial charge in [0.2, 0.25) is 5.91 Å². The lowest BCUT2D eigenvalue weighted by atomic mass is 10.00. The van der Waals surface area contributed by atoms with E-state index in [0.717, 1.165) is 11.1 Å². The highest BCUT2D eigenvalue weighted by atomic mass is 35.5. The smallest absolute Gasteiger partial charge is 0.223 e. The molecule has 1 aromatic heterocycles. The van der Waals surface area contributed by atoms with Gasteiger partial charge in [-0.1, -0.05) is 16.8 Å². The second-order valence-electron chi connectivity index (χ2n) is 7.28. The van der Waals surface area contributed by atoms with Crippen LogP contribution in [-0.2, 0) is 17.8 Å². The monoisotopic (exact) mass is 442 g/mol. The summed E-state index contributed by atoms with van der Waals surface area (Å²) >= 11 is 5.99. The Hall–Kier alpha value is -3.19. The zero-order valence-corrected chi connectivity index (χ0v) is 17.6. The normalized spacial score (nSPS) is 13.1. The van der Waals surface area contributed by atoms with Crippen molar-refractivity contribution in [3.63, 3.8) is 0 Å². The van der Waals surface area contributed by atoms with Gasteiger partial charge in [-0.2, -0.15) is 0 Å². The second kappa shape index (κ2) is 8.89. The molecule has 0 atom stereocenters. The fraction of sp³-hybridized carbons (Fsp3) is 0.261. The molecule has 6 nitrogen and oxygen atoms in total. The highest BCUT2D eigenvalue weighted by molar-refractivity contribution is 6.31. The number of rotatable bonds is 6. The van der Waals surface area contributed by atoms with Crippen LogP contribution in [0.2, 0.25) is 5.02 Å². The molecule has 3 aromatic rings. The van der Waals surface area contributed by atoms with E-state index in [0.29, 0.717) is 47.3 Å². The minimum atomic E-state index is -0.321. The van der Waals surface area contributed by atoms with Crippen LogP contribution in [0.4, 0.5) is 4.39 Å². The third kappa shape index (κ3) is 4.46. The minimum Gasteiger partial charge on any atom is -0.496 e. The number of aromatic nitrogens is 1. The second-order valence-corrected chi connectivity index (χ2v) is 7.71. The average Bonchev–Trinajstić information content (AvgIpc) is 3.21. The molecule has 0 spiro atoms. The van der Waals surface area contributed by atoms with Crippen molar-refractivity contribution in [2.75, 3.05) is 13.7 Å². The number of fused-ring (bicyclic) bond motifs is 1. The van der Waals surface area contributed by atoms with Crippen molar-refractivity contribution < 1.29 is 23.2 Å². The van der Waals surface area contributed by atoms with E-state index in [1.54, 1.807) is 35.2 Å². The van der Waals surface area contributed by atoms with Crippen LogP contribution >= 0.6 is 11.6 Å². The van der Waals surface area contributed by atoms with Crippen LogP contribution in [0.1, 0.15) is 34.5 Å². The maximum Gasteiger partial charge on any atom is 0.223 e. The molecule has 8 heteroatoms. The Kier molecular flexibility index (Phi) is 6.04. The number of hydrogen-bond acceptors (Lipinski definition) is 5. The van der Waals surface area contributed by atoms with Crippen molar-refractivity contribution >= 4 is 23.3 Å². The zero-order chi connectivity index (χ0) is 22.0. The fourth-order valence-electron chi connectivity index (χ4n) is 3.68. The minimum absolute atomic E-state index is 0.0541. The van der Waals surface area contributed by atoms with Crippen molar-refractivity contribution in [1.29, 1.82) is 0 Å². The van der Waals surface area contributed by atoms with Crippen LogP contribution in [0.15, 0.2) is 47.0 Å². The number of nitrogens with zero attached hydrogens (tertiary/aromatic N) is 2. The molecule has 0 N–H and O–H groups in total. The van der Waals surface area contributed by atoms with Gasteiger partial charge in [-0.3, -0.25) is 9.59 Å². The molecule has 4 rings (SSSR count). The van der Waals surface area contributed by atoms with E-state index < -0.39 is 0 Å². The molecule has 0 bridgehead atoms. The van der Waals surface area contributed by atoms with Gasteiger partial charge in [0.05, 0.1) is 19.2 Å². The molecule has 1 aliphatic heterocycles. The Labute approximate surface area is 183 Å². The summed E-state index contributed by atoms with van der Waals surface area (Å²) in [5.41, 5.74) is 2.72. The quantitative estimate of drug-likeness (QED) is 0.518. The van der Waals surface area contributed by atoms with Gasteiger partial charge < -0.3 is 14.2 Å². The largest absolute Gasteiger partial charge is 0.496 e. The summed E-state index contributed by atoms with van der Waals surface area (Å²) in [6, 6.07) is 10.8. The SMILES string of the molecule is COc1ccc(Cl)cc1C(=O)CCC(=O)N1CCc2c(noc2-c2ccc(F)cc2)C1. The van der Waals surface area contributed by atoms with Gasteiger partial charge in [-0.05, 0) is 48.9 Å². The molecule has 1 amide bonds. The van der Waals surface area contributed by atoms with E-state index >= 15 is 0 Å². The summed E-state index contributed by atoms with van der Waals surface area (Å²) in [6.07, 6.45) is 0.707. The molecule has 1 aliphatic rings. The Morgan fingerprint density at radius 3 is 2.71 bits per heavy atom. The molecule has 0 unspecified atom stereocenters. The third-order valence-corrected chi connectivity index (χ3v) is 5.56. The number of ketones is 1. The molecule has 0 fully saturated rings. The van der Waals surface area contributed by atoms with E-state index in [1.165, 1.54) is 19.2 Å². The van der Waals surface area contributed by atoms with Crippen molar-refractivity contribution in [3.05, 3.63) is 70.1 Å². The van der Waals surface area contributed by atoms with Crippen LogP contribution < -0.4 is 4.74 Å². The summed E-state index contributed by atoms with van der Waals surface area (Å²) in [6.45, 7) is 0.809. The van der Waals surface area contributed by atoms with Gasteiger partial charge in [0, 0.05) is 35.5 Å². The van der Waals surface area contributed by atoms with Gasteiger partial charge in [0.25, 0.3) is 0 Å². The van der Waals surface area contributed by atoms with Gasteiger partial charge in [0.15, 0.2) is 11.5 Å². The van der Waals surface area contributed by atoms with E-state index in [9.17, 15) is 14.0 Å². The first-order chi connectivity index (χ1) is 15.0. The van der Waals surface area contributed by atoms with Crippen molar-refractivity contribution in [2.24, 2.45) is 0 Å². The van der Waals surface area contributed by atoms with Crippen LogP contribution in [0.25, 0.3) is 11.3 Å². The van der Waals surface area contributed by atoms with Crippen LogP contribution in [-0.4, -0.2) is 35.4 Å². The van der Waals surface area contributed by atoms with Crippen LogP contribution in [0.3, 0.4) is 0 Å². The van der Waals surface area contributed by atoms with E-state index in [1.807, 2.05) is 0 Å². The molecular weight excluding hydrogens is 423 g/mol. The zero-order valence-electron chi connectivity index (χ0n) is 16.9. The number of Topliss-reactive ketones (excluding diaryl/α,β-unsaturated/α-hetero) is 1. The Bertz CT molecular complexity index is 1130. The van der Waals surface area contributed by atoms with Gasteiger partial charge in [-0.25, -0.2) is 4.39 Å². The molecule has 31 heavy (non-hydrogen) atoms. The highest BCUT2D eigenvalue weighted by Gasteiger charge is 2.27. The molecule has 0 saturated heterocycles. The molecular formula is C23H20ClFN2O4. The van der Waals surface area contributed by atoms with Crippen molar-refractivity contribution in [1.82, 2.24) is 10.1 Å². The average molecular weight is 443 g/mol. The van der Waals surface area contributed by atoms with E-state index in [-0.39, 0.29) is 30.3 Å². The number of hydrogen-bond donors (Lipinski definition) is 0. The lowest BCUT2D eigenvalue weighted by Gasteiger charge is -2.26. The Morgan fingerprint density at radius 2 is 1.97 bits per heavy atom. The topological polar surface area (TPSA) is 72.6 Å². The van der Waals surface area contributed by atoms with E-state index in [4.69, 9.17) is 20.9 Å². The third-order valence-electron chi connectivity index (χ3n) is 5.33. The number of benzene rings is 2. The maximum absolute atomic E-state index is 13.2. The fourth-order valence-corrected chi connectivity index (χ4v) is 3.86. The number of ether oxygens (including phenoxy) is 1. The molecule has 0 radical (unpaired) electrons.